The number of phenols is 1. The molecule has 0 aliphatic heterocycles. The Kier molecular flexibility index (Phi) is 11.9. The SMILES string of the molecule is CC(C)(C)c1cc(SC[Si](C(C)(C)C)(C(C)(C)C)C(C)(C)C)c(C(C)(C)C)cc1O.O=C(O)CCC(=O)O. The van der Waals surface area contributed by atoms with Gasteiger partial charge in [0.05, 0.1) is 20.9 Å². The van der Waals surface area contributed by atoms with E-state index in [1.54, 1.807) is 0 Å². The van der Waals surface area contributed by atoms with Gasteiger partial charge in [0, 0.05) is 10.5 Å². The second kappa shape index (κ2) is 12.4. The molecular formula is C31H56O5SSi. The second-order valence-electron chi connectivity index (χ2n) is 15.6. The largest absolute Gasteiger partial charge is 0.508 e. The topological polar surface area (TPSA) is 94.8 Å². The maximum atomic E-state index is 10.8. The molecule has 1 aromatic carbocycles. The summed E-state index contributed by atoms with van der Waals surface area (Å²) in [6, 6.07) is 4.32. The number of carboxylic acid groups (broad SMARTS) is 2. The van der Waals surface area contributed by atoms with Crippen LogP contribution in [-0.4, -0.2) is 40.7 Å². The molecule has 1 rings (SSSR count). The summed E-state index contributed by atoms with van der Waals surface area (Å²) in [7, 11) is -1.84. The lowest BCUT2D eigenvalue weighted by molar-refractivity contribution is -0.143. The molecule has 7 heteroatoms. The van der Waals surface area contributed by atoms with Crippen LogP contribution in [0.3, 0.4) is 0 Å². The molecular weight excluding hydrogens is 512 g/mol. The third kappa shape index (κ3) is 9.32. The van der Waals surface area contributed by atoms with E-state index >= 15 is 0 Å². The molecule has 0 saturated heterocycles. The average molecular weight is 569 g/mol. The fourth-order valence-electron chi connectivity index (χ4n) is 6.30. The number of aliphatic carboxylic acids is 2. The van der Waals surface area contributed by atoms with Crippen molar-refractivity contribution < 1.29 is 24.9 Å². The lowest BCUT2D eigenvalue weighted by Crippen LogP contribution is -2.60. The second-order valence-corrected chi connectivity index (χ2v) is 23.8. The number of phenolic OH excluding ortho intramolecular Hbond substituents is 1. The van der Waals surface area contributed by atoms with Crippen LogP contribution in [0.5, 0.6) is 5.75 Å². The Bertz CT molecular complexity index is 915. The first-order chi connectivity index (χ1) is 16.6. The highest BCUT2D eigenvalue weighted by Gasteiger charge is 2.59. The van der Waals surface area contributed by atoms with Gasteiger partial charge in [-0.05, 0) is 49.0 Å². The van der Waals surface area contributed by atoms with Crippen molar-refractivity contribution in [3.63, 3.8) is 0 Å². The van der Waals surface area contributed by atoms with Crippen molar-refractivity contribution in [2.45, 2.75) is 148 Å². The zero-order chi connectivity index (χ0) is 30.7. The first-order valence-corrected chi connectivity index (χ1v) is 16.7. The van der Waals surface area contributed by atoms with E-state index in [-0.39, 0.29) is 38.8 Å². The molecule has 3 N–H and O–H groups in total. The summed E-state index contributed by atoms with van der Waals surface area (Å²) in [6.45, 7) is 35.6. The Morgan fingerprint density at radius 1 is 0.658 bits per heavy atom. The van der Waals surface area contributed by atoms with Crippen molar-refractivity contribution >= 4 is 31.8 Å². The average Bonchev–Trinajstić information content (AvgIpc) is 2.63. The number of aromatic hydroxyl groups is 1. The number of rotatable bonds is 6. The molecule has 38 heavy (non-hydrogen) atoms. The van der Waals surface area contributed by atoms with Crippen LogP contribution in [0.2, 0.25) is 15.1 Å². The van der Waals surface area contributed by atoms with Crippen LogP contribution in [0, 0.1) is 0 Å². The van der Waals surface area contributed by atoms with E-state index in [9.17, 15) is 14.7 Å². The number of thioether (sulfide) groups is 1. The first-order valence-electron chi connectivity index (χ1n) is 13.5. The molecule has 0 bridgehead atoms. The molecule has 0 spiro atoms. The van der Waals surface area contributed by atoms with Crippen LogP contribution in [0.15, 0.2) is 17.0 Å². The van der Waals surface area contributed by atoms with Gasteiger partial charge < -0.3 is 15.3 Å². The minimum atomic E-state index is -1.84. The van der Waals surface area contributed by atoms with Crippen molar-refractivity contribution in [1.82, 2.24) is 0 Å². The van der Waals surface area contributed by atoms with Gasteiger partial charge in [0.25, 0.3) is 0 Å². The van der Waals surface area contributed by atoms with E-state index in [2.05, 4.69) is 122 Å². The fourth-order valence-corrected chi connectivity index (χ4v) is 20.5. The molecule has 5 nitrogen and oxygen atoms in total. The van der Waals surface area contributed by atoms with Crippen molar-refractivity contribution in [3.05, 3.63) is 23.3 Å². The van der Waals surface area contributed by atoms with E-state index in [1.165, 1.54) is 15.8 Å². The molecule has 1 aromatic rings. The van der Waals surface area contributed by atoms with Crippen LogP contribution < -0.4 is 0 Å². The quantitative estimate of drug-likeness (QED) is 0.234. The predicted octanol–water partition coefficient (Wildman–Crippen LogP) is 9.40. The normalized spacial score (nSPS) is 13.6. The van der Waals surface area contributed by atoms with Gasteiger partial charge in [0.15, 0.2) is 0 Å². The van der Waals surface area contributed by atoms with E-state index in [0.29, 0.717) is 5.75 Å². The van der Waals surface area contributed by atoms with Gasteiger partial charge in [-0.25, -0.2) is 0 Å². The van der Waals surface area contributed by atoms with Crippen molar-refractivity contribution in [2.75, 3.05) is 5.38 Å². The maximum Gasteiger partial charge on any atom is 0.303 e. The highest BCUT2D eigenvalue weighted by atomic mass is 32.2. The number of hydrogen-bond acceptors (Lipinski definition) is 4. The van der Waals surface area contributed by atoms with Gasteiger partial charge in [-0.1, -0.05) is 104 Å². The van der Waals surface area contributed by atoms with Crippen LogP contribution in [0.4, 0.5) is 0 Å². The van der Waals surface area contributed by atoms with Crippen molar-refractivity contribution in [1.29, 1.82) is 0 Å². The molecule has 0 heterocycles. The smallest absolute Gasteiger partial charge is 0.303 e. The number of benzene rings is 1. The van der Waals surface area contributed by atoms with E-state index < -0.39 is 20.0 Å². The third-order valence-electron chi connectivity index (χ3n) is 7.55. The summed E-state index contributed by atoms with van der Waals surface area (Å²) >= 11 is 2.05. The summed E-state index contributed by atoms with van der Waals surface area (Å²) in [5.74, 6) is -1.72. The number of hydrogen-bond donors (Lipinski definition) is 3. The fraction of sp³-hybridized carbons (Fsp3) is 0.742. The zero-order valence-corrected chi connectivity index (χ0v) is 28.7. The zero-order valence-electron chi connectivity index (χ0n) is 26.8. The van der Waals surface area contributed by atoms with Crippen LogP contribution in [0.25, 0.3) is 0 Å². The summed E-state index contributed by atoms with van der Waals surface area (Å²) < 4.78 is 0. The highest BCUT2D eigenvalue weighted by molar-refractivity contribution is 8.01. The molecule has 0 saturated carbocycles. The molecule has 0 amide bonds. The molecule has 0 fully saturated rings. The van der Waals surface area contributed by atoms with Crippen molar-refractivity contribution in [3.8, 4) is 5.75 Å². The molecule has 0 aliphatic rings. The van der Waals surface area contributed by atoms with E-state index in [0.717, 1.165) is 5.56 Å². The Balaban J connectivity index is 0.00000147. The van der Waals surface area contributed by atoms with Gasteiger partial charge in [0.2, 0.25) is 0 Å². The lowest BCUT2D eigenvalue weighted by Gasteiger charge is -2.59. The molecule has 220 valence electrons. The first kappa shape index (κ1) is 36.5. The molecule has 0 radical (unpaired) electrons. The Labute approximate surface area is 238 Å². The highest BCUT2D eigenvalue weighted by Crippen LogP contribution is 2.63. The Morgan fingerprint density at radius 2 is 1.00 bits per heavy atom. The lowest BCUT2D eigenvalue weighted by atomic mass is 9.81. The summed E-state index contributed by atoms with van der Waals surface area (Å²) in [6.07, 6.45) is -0.593. The number of carbonyl (C=O) groups is 2. The minimum absolute atomic E-state index is 0.00829. The summed E-state index contributed by atoms with van der Waals surface area (Å²) in [4.78, 5) is 20.6. The van der Waals surface area contributed by atoms with Crippen LogP contribution in [0.1, 0.15) is 128 Å². The van der Waals surface area contributed by atoms with Gasteiger partial charge in [-0.2, -0.15) is 0 Å². The number of carboxylic acids is 2. The minimum Gasteiger partial charge on any atom is -0.508 e. The summed E-state index contributed by atoms with van der Waals surface area (Å²) in [5, 5.41) is 28.6. The summed E-state index contributed by atoms with van der Waals surface area (Å²) in [5.41, 5.74) is 2.22. The van der Waals surface area contributed by atoms with E-state index in [1.807, 2.05) is 6.07 Å². The Hall–Kier alpha value is -1.47. The third-order valence-corrected chi connectivity index (χ3v) is 18.2. The maximum absolute atomic E-state index is 10.8. The van der Waals surface area contributed by atoms with Crippen LogP contribution >= 0.6 is 11.8 Å². The van der Waals surface area contributed by atoms with E-state index in [4.69, 9.17) is 10.2 Å². The molecule has 0 aliphatic carbocycles. The molecule has 0 aromatic heterocycles. The monoisotopic (exact) mass is 568 g/mol. The molecule has 0 unspecified atom stereocenters. The predicted molar refractivity (Wildman–Crippen MR) is 166 cm³/mol. The molecule has 0 atom stereocenters. The standard InChI is InChI=1S/C27H50OSSi.C4H6O4/c1-23(2,3)19-17-22(20(16-21(19)28)24(4,5)6)29-18-30(25(7,8)9,26(10,11)12)27(13,14)15;5-3(6)1-2-4(7)8/h16-17,28H,18H2,1-15H3;1-2H2,(H,5,6)(H,7,8). The van der Waals surface area contributed by atoms with Gasteiger partial charge >= 0.3 is 11.9 Å². The van der Waals surface area contributed by atoms with Gasteiger partial charge in [-0.3, -0.25) is 9.59 Å². The van der Waals surface area contributed by atoms with Crippen LogP contribution in [-0.2, 0) is 20.4 Å². The van der Waals surface area contributed by atoms with Gasteiger partial charge in [-0.15, -0.1) is 11.8 Å². The van der Waals surface area contributed by atoms with Crippen molar-refractivity contribution in [2.24, 2.45) is 0 Å². The Morgan fingerprint density at radius 3 is 1.26 bits per heavy atom. The van der Waals surface area contributed by atoms with Gasteiger partial charge in [0.1, 0.15) is 5.75 Å².